The van der Waals surface area contributed by atoms with Crippen LogP contribution in [0.1, 0.15) is 28.5 Å². The first-order valence-corrected chi connectivity index (χ1v) is 8.05. The van der Waals surface area contributed by atoms with Crippen molar-refractivity contribution in [3.05, 3.63) is 45.7 Å². The van der Waals surface area contributed by atoms with Crippen LogP contribution in [0.15, 0.2) is 39.1 Å². The van der Waals surface area contributed by atoms with E-state index in [1.165, 1.54) is 29.1 Å². The monoisotopic (exact) mass is 416 g/mol. The highest BCUT2D eigenvalue weighted by molar-refractivity contribution is 9.10. The van der Waals surface area contributed by atoms with Crippen LogP contribution in [-0.4, -0.2) is 27.1 Å². The summed E-state index contributed by atoms with van der Waals surface area (Å²) in [5.41, 5.74) is -1.71. The summed E-state index contributed by atoms with van der Waals surface area (Å²) in [6.07, 6.45) is -4.56. The van der Waals surface area contributed by atoms with Crippen LogP contribution in [0.2, 0.25) is 0 Å². The van der Waals surface area contributed by atoms with Crippen molar-refractivity contribution >= 4 is 21.8 Å². The maximum absolute atomic E-state index is 12.9. The first-order chi connectivity index (χ1) is 11.8. The molecule has 0 saturated carbocycles. The van der Waals surface area contributed by atoms with E-state index < -0.39 is 17.7 Å². The molecule has 0 radical (unpaired) electrons. The third-order valence-electron chi connectivity index (χ3n) is 3.62. The largest absolute Gasteiger partial charge is 0.442 e. The summed E-state index contributed by atoms with van der Waals surface area (Å²) in [4.78, 5) is 13.5. The van der Waals surface area contributed by atoms with Gasteiger partial charge in [0, 0.05) is 12.1 Å². The lowest BCUT2D eigenvalue weighted by Crippen LogP contribution is -2.30. The van der Waals surface area contributed by atoms with Gasteiger partial charge in [-0.25, -0.2) is 0 Å². The first-order valence-electron chi connectivity index (χ1n) is 7.26. The second-order valence-corrected chi connectivity index (χ2v) is 6.03. The minimum Gasteiger partial charge on any atom is -0.346 e. The average Bonchev–Trinajstić information content (AvgIpc) is 3.31. The number of benzene rings is 1. The molecule has 2 aromatic rings. The highest BCUT2D eigenvalue weighted by Crippen LogP contribution is 2.52. The van der Waals surface area contributed by atoms with Crippen molar-refractivity contribution in [3.8, 4) is 0 Å². The molecule has 1 aliphatic rings. The summed E-state index contributed by atoms with van der Waals surface area (Å²) >= 11 is 3.16. The number of carbonyl (C=O) groups excluding carboxylic acids is 1. The Morgan fingerprint density at radius 2 is 1.88 bits per heavy atom. The van der Waals surface area contributed by atoms with Gasteiger partial charge in [-0.2, -0.15) is 18.0 Å². The van der Waals surface area contributed by atoms with Crippen LogP contribution in [0, 0.1) is 0 Å². The second-order valence-electron chi connectivity index (χ2n) is 5.28. The van der Waals surface area contributed by atoms with Gasteiger partial charge in [-0.05, 0) is 28.4 Å². The molecule has 11 heteroatoms. The van der Waals surface area contributed by atoms with Crippen molar-refractivity contribution in [1.29, 1.82) is 0 Å². The van der Waals surface area contributed by atoms with E-state index in [4.69, 9.17) is 0 Å². The molecule has 0 atom stereocenters. The second kappa shape index (κ2) is 6.21. The summed E-state index contributed by atoms with van der Waals surface area (Å²) in [6, 6.07) is 5.59. The van der Waals surface area contributed by atoms with Crippen molar-refractivity contribution in [2.45, 2.75) is 31.9 Å². The summed E-state index contributed by atoms with van der Waals surface area (Å²) in [7, 11) is 0. The number of nitrogens with zero attached hydrogens (tertiary/aromatic N) is 5. The number of rotatable bonds is 5. The Morgan fingerprint density at radius 3 is 2.36 bits per heavy atom. The van der Waals surface area contributed by atoms with E-state index in [2.05, 4.69) is 41.7 Å². The first kappa shape index (κ1) is 17.5. The van der Waals surface area contributed by atoms with Crippen LogP contribution in [0.3, 0.4) is 0 Å². The van der Waals surface area contributed by atoms with Crippen LogP contribution >= 0.6 is 15.9 Å². The van der Waals surface area contributed by atoms with Crippen molar-refractivity contribution in [1.82, 2.24) is 20.3 Å². The van der Waals surface area contributed by atoms with Crippen molar-refractivity contribution in [2.75, 3.05) is 0 Å². The normalized spacial score (nSPS) is 15.2. The molecule has 0 spiro atoms. The summed E-state index contributed by atoms with van der Waals surface area (Å²) in [6.45, 7) is 2.49. The molecule has 0 fully saturated rings. The van der Waals surface area contributed by atoms with E-state index in [-0.39, 0.29) is 17.8 Å². The third kappa shape index (κ3) is 3.28. The molecule has 0 unspecified atom stereocenters. The third-order valence-corrected chi connectivity index (χ3v) is 4.15. The van der Waals surface area contributed by atoms with Crippen LogP contribution < -0.4 is 5.32 Å². The molecule has 1 N–H and O–H groups in total. The quantitative estimate of drug-likeness (QED) is 0.811. The Labute approximate surface area is 148 Å². The standard InChI is InChI=1S/C14H12BrF3N6O/c1-2-24-20-10(11(15)21-24)12(25)19-7-8-3-5-9(6-4-8)13(22-23-13)14(16,17)18/h3-6H,2,7H2,1H3,(H,19,25). The van der Waals surface area contributed by atoms with Crippen molar-refractivity contribution in [3.63, 3.8) is 0 Å². The predicted molar refractivity (Wildman–Crippen MR) is 83.6 cm³/mol. The minimum atomic E-state index is -4.56. The number of hydrogen-bond donors (Lipinski definition) is 1. The molecule has 132 valence electrons. The number of nitrogens with one attached hydrogen (secondary N) is 1. The Hall–Kier alpha value is -2.30. The zero-order valence-electron chi connectivity index (χ0n) is 12.9. The predicted octanol–water partition coefficient (Wildman–Crippen LogP) is 3.17. The molecule has 1 aliphatic heterocycles. The van der Waals surface area contributed by atoms with Gasteiger partial charge in [0.2, 0.25) is 0 Å². The maximum Gasteiger partial charge on any atom is 0.442 e. The smallest absolute Gasteiger partial charge is 0.346 e. The number of alkyl halides is 3. The van der Waals surface area contributed by atoms with E-state index in [0.717, 1.165) is 0 Å². The van der Waals surface area contributed by atoms with Gasteiger partial charge in [-0.1, -0.05) is 24.3 Å². The number of hydrogen-bond acceptors (Lipinski definition) is 5. The maximum atomic E-state index is 12.9. The lowest BCUT2D eigenvalue weighted by atomic mass is 10.0. The zero-order chi connectivity index (χ0) is 18.2. The van der Waals surface area contributed by atoms with Crippen LogP contribution in [-0.2, 0) is 18.8 Å². The van der Waals surface area contributed by atoms with E-state index in [1.807, 2.05) is 6.92 Å². The fourth-order valence-electron chi connectivity index (χ4n) is 2.17. The van der Waals surface area contributed by atoms with Gasteiger partial charge in [0.15, 0.2) is 10.3 Å². The van der Waals surface area contributed by atoms with Gasteiger partial charge < -0.3 is 5.32 Å². The van der Waals surface area contributed by atoms with Gasteiger partial charge >= 0.3 is 11.8 Å². The molecule has 1 amide bonds. The summed E-state index contributed by atoms with van der Waals surface area (Å²) in [5.74, 6) is -0.436. The Bertz CT molecular complexity index is 824. The SMILES string of the molecule is CCn1nc(Br)c(C(=O)NCc2ccc(C3(C(F)(F)F)N=N3)cc2)n1. The van der Waals surface area contributed by atoms with Gasteiger partial charge in [-0.3, -0.25) is 4.79 Å². The molecule has 7 nitrogen and oxygen atoms in total. The lowest BCUT2D eigenvalue weighted by molar-refractivity contribution is -0.166. The fraction of sp³-hybridized carbons (Fsp3) is 0.357. The molecule has 2 heterocycles. The molecule has 0 saturated heterocycles. The Kier molecular flexibility index (Phi) is 4.35. The highest BCUT2D eigenvalue weighted by Gasteiger charge is 2.65. The van der Waals surface area contributed by atoms with Crippen LogP contribution in [0.4, 0.5) is 13.2 Å². The topological polar surface area (TPSA) is 84.5 Å². The van der Waals surface area contributed by atoms with E-state index in [1.54, 1.807) is 0 Å². The molecule has 3 rings (SSSR count). The number of carbonyl (C=O) groups is 1. The van der Waals surface area contributed by atoms with Crippen LogP contribution in [0.25, 0.3) is 0 Å². The molecular weight excluding hydrogens is 405 g/mol. The van der Waals surface area contributed by atoms with Crippen molar-refractivity contribution in [2.24, 2.45) is 10.2 Å². The number of aromatic nitrogens is 3. The summed E-state index contributed by atoms with van der Waals surface area (Å²) in [5, 5.41) is 17.0. The molecule has 0 aliphatic carbocycles. The molecule has 0 bridgehead atoms. The molecular formula is C14H12BrF3N6O. The fourth-order valence-corrected chi connectivity index (χ4v) is 2.61. The highest BCUT2D eigenvalue weighted by atomic mass is 79.9. The van der Waals surface area contributed by atoms with E-state index in [9.17, 15) is 18.0 Å². The van der Waals surface area contributed by atoms with Crippen LogP contribution in [0.5, 0.6) is 0 Å². The van der Waals surface area contributed by atoms with Gasteiger partial charge in [0.1, 0.15) is 0 Å². The number of halogens is 4. The lowest BCUT2D eigenvalue weighted by Gasteiger charge is -2.15. The zero-order valence-corrected chi connectivity index (χ0v) is 14.5. The Balaban J connectivity index is 1.64. The average molecular weight is 417 g/mol. The molecule has 25 heavy (non-hydrogen) atoms. The number of amides is 1. The van der Waals surface area contributed by atoms with Crippen molar-refractivity contribution < 1.29 is 18.0 Å². The number of aryl methyl sites for hydroxylation is 1. The molecule has 1 aromatic carbocycles. The Morgan fingerprint density at radius 1 is 1.24 bits per heavy atom. The van der Waals surface area contributed by atoms with E-state index in [0.29, 0.717) is 16.7 Å². The minimum absolute atomic E-state index is 0.0521. The van der Waals surface area contributed by atoms with Gasteiger partial charge in [-0.15, -0.1) is 20.4 Å². The van der Waals surface area contributed by atoms with Gasteiger partial charge in [0.05, 0.1) is 6.54 Å². The summed E-state index contributed by atoms with van der Waals surface area (Å²) < 4.78 is 39.1. The van der Waals surface area contributed by atoms with Gasteiger partial charge in [0.25, 0.3) is 5.91 Å². The van der Waals surface area contributed by atoms with E-state index >= 15 is 0 Å². The molecule has 1 aromatic heterocycles.